The number of hydrogen-bond donors (Lipinski definition) is 1. The van der Waals surface area contributed by atoms with Gasteiger partial charge in [-0.05, 0) is 50.7 Å². The smallest absolute Gasteiger partial charge is 0.306 e. The summed E-state index contributed by atoms with van der Waals surface area (Å²) in [5.41, 5.74) is -5.60. The highest BCUT2D eigenvalue weighted by molar-refractivity contribution is 7.86. The Balaban J connectivity index is 1.82. The standard InChI is InChI=1S/C26H35FO8S/c1-6-22(31)35-26(21(30)14-34-36(5,32)33)15(2)11-19-18-8-7-16-12-17(28)9-10-23(16,3)25(18,27)20(29)13-24(19,26)4/h9-10,12,15,18-20,29H,6-8,11,13-14H2,1-5H3/t15?,18-,19-,20?,23-,24-,25-,26-/m0/s1. The van der Waals surface area contributed by atoms with Gasteiger partial charge in [-0.15, -0.1) is 0 Å². The van der Waals surface area contributed by atoms with Gasteiger partial charge in [0.1, 0.15) is 6.61 Å². The summed E-state index contributed by atoms with van der Waals surface area (Å²) in [6, 6.07) is 0. The number of halogens is 1. The lowest BCUT2D eigenvalue weighted by molar-refractivity contribution is -0.228. The number of fused-ring (bicyclic) bond motifs is 5. The molecule has 0 aromatic carbocycles. The summed E-state index contributed by atoms with van der Waals surface area (Å²) in [6.45, 7) is 5.94. The second kappa shape index (κ2) is 8.56. The normalized spacial score (nSPS) is 43.8. The van der Waals surface area contributed by atoms with Crippen LogP contribution in [0.4, 0.5) is 4.39 Å². The quantitative estimate of drug-likeness (QED) is 0.414. The van der Waals surface area contributed by atoms with Gasteiger partial charge in [0.2, 0.25) is 5.78 Å². The molecule has 0 aromatic heterocycles. The van der Waals surface area contributed by atoms with Gasteiger partial charge < -0.3 is 9.84 Å². The predicted octanol–water partition coefficient (Wildman–Crippen LogP) is 2.84. The van der Waals surface area contributed by atoms with Crippen molar-refractivity contribution < 1.29 is 41.2 Å². The molecule has 3 fully saturated rings. The third-order valence-electron chi connectivity index (χ3n) is 9.56. The molecule has 0 saturated heterocycles. The molecule has 3 saturated carbocycles. The maximum absolute atomic E-state index is 17.3. The van der Waals surface area contributed by atoms with E-state index in [1.54, 1.807) is 33.8 Å². The molecular weight excluding hydrogens is 491 g/mol. The van der Waals surface area contributed by atoms with E-state index in [2.05, 4.69) is 0 Å². The van der Waals surface area contributed by atoms with Crippen LogP contribution in [0.5, 0.6) is 0 Å². The van der Waals surface area contributed by atoms with Crippen LogP contribution in [0, 0.1) is 28.6 Å². The van der Waals surface area contributed by atoms with Crippen LogP contribution in [0.15, 0.2) is 23.8 Å². The fraction of sp³-hybridized carbons (Fsp3) is 0.731. The summed E-state index contributed by atoms with van der Waals surface area (Å²) in [4.78, 5) is 38.3. The Bertz CT molecular complexity index is 1160. The molecule has 10 heteroatoms. The summed E-state index contributed by atoms with van der Waals surface area (Å²) in [7, 11) is -3.95. The highest BCUT2D eigenvalue weighted by Crippen LogP contribution is 2.71. The molecular formula is C26H35FO8S. The zero-order valence-electron chi connectivity index (χ0n) is 21.4. The first-order valence-electron chi connectivity index (χ1n) is 12.5. The number of alkyl halides is 1. The van der Waals surface area contributed by atoms with Crippen LogP contribution in [0.2, 0.25) is 0 Å². The van der Waals surface area contributed by atoms with E-state index in [-0.39, 0.29) is 18.6 Å². The Labute approximate surface area is 211 Å². The number of ether oxygens (including phenoxy) is 1. The SMILES string of the molecule is CCC(=O)O[C@]1(C(=O)COS(C)(=O)=O)C(C)C[C@H]2[C@@H]3CCC4=CC(=O)C=C[C@]4(C)[C@@]3(F)C(O)C[C@@]21C. The lowest BCUT2D eigenvalue weighted by Crippen LogP contribution is -2.70. The highest BCUT2D eigenvalue weighted by atomic mass is 32.2. The van der Waals surface area contributed by atoms with Crippen LogP contribution in [0.3, 0.4) is 0 Å². The average molecular weight is 527 g/mol. The van der Waals surface area contributed by atoms with Gasteiger partial charge in [0, 0.05) is 29.1 Å². The van der Waals surface area contributed by atoms with Crippen molar-refractivity contribution in [3.05, 3.63) is 23.8 Å². The number of Topliss-reactive ketones (excluding diaryl/α,β-unsaturated/α-hetero) is 1. The lowest BCUT2D eigenvalue weighted by Gasteiger charge is -2.62. The third kappa shape index (κ3) is 3.58. The van der Waals surface area contributed by atoms with Crippen LogP contribution >= 0.6 is 0 Å². The van der Waals surface area contributed by atoms with Crippen molar-refractivity contribution in [2.24, 2.45) is 28.6 Å². The Morgan fingerprint density at radius 2 is 1.92 bits per heavy atom. The number of aliphatic hydroxyl groups is 1. The van der Waals surface area contributed by atoms with E-state index < -0.39 is 74.4 Å². The topological polar surface area (TPSA) is 124 Å². The molecule has 200 valence electrons. The van der Waals surface area contributed by atoms with E-state index in [4.69, 9.17) is 8.92 Å². The zero-order valence-corrected chi connectivity index (χ0v) is 22.2. The van der Waals surface area contributed by atoms with Gasteiger partial charge in [-0.25, -0.2) is 4.39 Å². The van der Waals surface area contributed by atoms with Crippen molar-refractivity contribution in [2.45, 2.75) is 77.2 Å². The van der Waals surface area contributed by atoms with E-state index >= 15 is 4.39 Å². The number of allylic oxidation sites excluding steroid dienone is 4. The first kappa shape index (κ1) is 27.1. The number of rotatable bonds is 6. The minimum absolute atomic E-state index is 0.0144. The molecule has 4 rings (SSSR count). The molecule has 4 aliphatic rings. The van der Waals surface area contributed by atoms with Gasteiger partial charge in [-0.2, -0.15) is 8.42 Å². The fourth-order valence-corrected chi connectivity index (χ4v) is 8.24. The summed E-state index contributed by atoms with van der Waals surface area (Å²) in [6.07, 6.45) is 4.61. The number of aliphatic hydroxyl groups excluding tert-OH is 1. The summed E-state index contributed by atoms with van der Waals surface area (Å²) in [5, 5.41) is 11.5. The molecule has 0 radical (unpaired) electrons. The Hall–Kier alpha value is -1.91. The van der Waals surface area contributed by atoms with Crippen molar-refractivity contribution in [1.82, 2.24) is 0 Å². The van der Waals surface area contributed by atoms with E-state index in [9.17, 15) is 27.9 Å². The molecule has 0 bridgehead atoms. The number of esters is 1. The van der Waals surface area contributed by atoms with Gasteiger partial charge in [-0.3, -0.25) is 18.6 Å². The Morgan fingerprint density at radius 1 is 1.25 bits per heavy atom. The Kier molecular flexibility index (Phi) is 6.45. The van der Waals surface area contributed by atoms with Gasteiger partial charge >= 0.3 is 5.97 Å². The highest BCUT2D eigenvalue weighted by Gasteiger charge is 2.77. The number of ketones is 2. The monoisotopic (exact) mass is 526 g/mol. The largest absolute Gasteiger partial charge is 0.450 e. The maximum atomic E-state index is 17.3. The van der Waals surface area contributed by atoms with Crippen molar-refractivity contribution in [3.8, 4) is 0 Å². The van der Waals surface area contributed by atoms with Crippen molar-refractivity contribution in [3.63, 3.8) is 0 Å². The number of hydrogen-bond acceptors (Lipinski definition) is 8. The van der Waals surface area contributed by atoms with E-state index in [0.29, 0.717) is 24.8 Å². The van der Waals surface area contributed by atoms with Crippen LogP contribution in [0.25, 0.3) is 0 Å². The molecule has 0 spiro atoms. The number of carbonyl (C=O) groups is 3. The van der Waals surface area contributed by atoms with E-state index in [1.807, 2.05) is 0 Å². The van der Waals surface area contributed by atoms with Crippen molar-refractivity contribution in [2.75, 3.05) is 12.9 Å². The third-order valence-corrected chi connectivity index (χ3v) is 10.1. The zero-order chi connectivity index (χ0) is 26.9. The number of carbonyl (C=O) groups excluding carboxylic acids is 3. The molecule has 4 aliphatic carbocycles. The molecule has 0 aromatic rings. The van der Waals surface area contributed by atoms with E-state index in [0.717, 1.165) is 6.26 Å². The predicted molar refractivity (Wildman–Crippen MR) is 128 cm³/mol. The summed E-state index contributed by atoms with van der Waals surface area (Å²) >= 11 is 0. The maximum Gasteiger partial charge on any atom is 0.306 e. The Morgan fingerprint density at radius 3 is 2.53 bits per heavy atom. The average Bonchev–Trinajstić information content (AvgIpc) is 3.00. The molecule has 36 heavy (non-hydrogen) atoms. The van der Waals surface area contributed by atoms with Gasteiger partial charge in [-0.1, -0.05) is 32.4 Å². The second-order valence-corrected chi connectivity index (χ2v) is 13.0. The molecule has 8 atom stereocenters. The first-order valence-corrected chi connectivity index (χ1v) is 14.3. The molecule has 2 unspecified atom stereocenters. The summed E-state index contributed by atoms with van der Waals surface area (Å²) < 4.78 is 51.3. The summed E-state index contributed by atoms with van der Waals surface area (Å²) in [5.74, 6) is -3.26. The first-order chi connectivity index (χ1) is 16.6. The lowest BCUT2D eigenvalue weighted by atomic mass is 9.44. The second-order valence-electron chi connectivity index (χ2n) is 11.4. The van der Waals surface area contributed by atoms with Crippen LogP contribution in [-0.2, 0) is 33.4 Å². The van der Waals surface area contributed by atoms with Crippen molar-refractivity contribution >= 4 is 27.7 Å². The van der Waals surface area contributed by atoms with Gasteiger partial charge in [0.05, 0.1) is 12.4 Å². The van der Waals surface area contributed by atoms with Crippen molar-refractivity contribution in [1.29, 1.82) is 0 Å². The van der Waals surface area contributed by atoms with Gasteiger partial charge in [0.25, 0.3) is 10.1 Å². The van der Waals surface area contributed by atoms with Crippen LogP contribution in [-0.4, -0.2) is 61.3 Å². The molecule has 1 N–H and O–H groups in total. The fourth-order valence-electron chi connectivity index (χ4n) is 7.92. The van der Waals surface area contributed by atoms with E-state index in [1.165, 1.54) is 12.2 Å². The minimum atomic E-state index is -3.95. The minimum Gasteiger partial charge on any atom is -0.450 e. The van der Waals surface area contributed by atoms with Gasteiger partial charge in [0.15, 0.2) is 17.1 Å². The molecule has 0 heterocycles. The molecule has 0 aliphatic heterocycles. The molecule has 8 nitrogen and oxygen atoms in total. The van der Waals surface area contributed by atoms with Crippen LogP contribution < -0.4 is 0 Å². The molecule has 0 amide bonds. The van der Waals surface area contributed by atoms with Crippen LogP contribution in [0.1, 0.15) is 59.8 Å².